The number of nitrogen functional groups attached to an aromatic ring is 1. The summed E-state index contributed by atoms with van der Waals surface area (Å²) in [6.07, 6.45) is -3.04. The second-order valence-electron chi connectivity index (χ2n) is 7.58. The number of fused-ring (bicyclic) bond motifs is 1. The highest BCUT2D eigenvalue weighted by Crippen LogP contribution is 2.32. The minimum absolute atomic E-state index is 0.0605. The smallest absolute Gasteiger partial charge is 0.383 e. The van der Waals surface area contributed by atoms with Crippen molar-refractivity contribution in [2.24, 2.45) is 0 Å². The Balaban J connectivity index is 1.51. The van der Waals surface area contributed by atoms with Gasteiger partial charge in [0.05, 0.1) is 10.9 Å². The molecule has 0 saturated heterocycles. The van der Waals surface area contributed by atoms with Crippen LogP contribution in [0.3, 0.4) is 0 Å². The van der Waals surface area contributed by atoms with Crippen molar-refractivity contribution in [1.82, 2.24) is 19.7 Å². The van der Waals surface area contributed by atoms with Crippen molar-refractivity contribution in [3.05, 3.63) is 60.4 Å². The number of hydrogen-bond acceptors (Lipinski definition) is 5. The van der Waals surface area contributed by atoms with Gasteiger partial charge in [-0.25, -0.2) is 19.4 Å². The van der Waals surface area contributed by atoms with Gasteiger partial charge in [0.2, 0.25) is 0 Å². The molecule has 0 fully saturated rings. The maximum absolute atomic E-state index is 12.7. The number of nitrogens with zero attached hydrogens (tertiary/aromatic N) is 4. The Kier molecular flexibility index (Phi) is 5.62. The van der Waals surface area contributed by atoms with Crippen LogP contribution in [0.25, 0.3) is 22.3 Å². The number of rotatable bonds is 4. The van der Waals surface area contributed by atoms with Gasteiger partial charge in [-0.2, -0.15) is 18.3 Å². The van der Waals surface area contributed by atoms with Crippen molar-refractivity contribution >= 4 is 34.3 Å². The highest BCUT2D eigenvalue weighted by molar-refractivity contribution is 6.01. The van der Waals surface area contributed by atoms with Gasteiger partial charge in [-0.3, -0.25) is 0 Å². The van der Waals surface area contributed by atoms with E-state index < -0.39 is 17.8 Å². The summed E-state index contributed by atoms with van der Waals surface area (Å²) in [5.41, 5.74) is 8.02. The molecule has 0 bridgehead atoms. The molecule has 0 aliphatic heterocycles. The standard InChI is InChI=1S/C22H20F3N7O/c1-12(2)32-20-17(19(26)27-11-28-20)18(31-32)13-3-7-15(8-4-13)29-21(33)30-16-9-5-14(6-10-16)22(23,24)25/h3-12H,1-2H3,(H2,26,27,28)(H2,29,30,33). The number of amides is 2. The lowest BCUT2D eigenvalue weighted by Gasteiger charge is -2.10. The first-order valence-corrected chi connectivity index (χ1v) is 9.98. The molecular formula is C22H20F3N7O. The van der Waals surface area contributed by atoms with E-state index in [2.05, 4.69) is 25.7 Å². The summed E-state index contributed by atoms with van der Waals surface area (Å²) in [4.78, 5) is 20.6. The van der Waals surface area contributed by atoms with Crippen molar-refractivity contribution in [2.75, 3.05) is 16.4 Å². The Labute approximate surface area is 186 Å². The zero-order valence-electron chi connectivity index (χ0n) is 17.7. The van der Waals surface area contributed by atoms with Crippen LogP contribution in [0.2, 0.25) is 0 Å². The summed E-state index contributed by atoms with van der Waals surface area (Å²) in [5, 5.41) is 10.4. The molecule has 2 aromatic heterocycles. The van der Waals surface area contributed by atoms with E-state index in [9.17, 15) is 18.0 Å². The molecular weight excluding hydrogens is 435 g/mol. The first-order valence-electron chi connectivity index (χ1n) is 9.98. The monoisotopic (exact) mass is 455 g/mol. The molecule has 0 radical (unpaired) electrons. The summed E-state index contributed by atoms with van der Waals surface area (Å²) in [7, 11) is 0. The Hall–Kier alpha value is -4.15. The van der Waals surface area contributed by atoms with E-state index in [0.29, 0.717) is 28.2 Å². The third kappa shape index (κ3) is 4.56. The van der Waals surface area contributed by atoms with Gasteiger partial charge in [0.15, 0.2) is 5.65 Å². The van der Waals surface area contributed by atoms with Gasteiger partial charge in [-0.05, 0) is 50.2 Å². The summed E-state index contributed by atoms with van der Waals surface area (Å²) < 4.78 is 39.7. The van der Waals surface area contributed by atoms with Gasteiger partial charge in [-0.15, -0.1) is 0 Å². The average molecular weight is 455 g/mol. The normalized spacial score (nSPS) is 11.7. The molecule has 4 rings (SSSR count). The van der Waals surface area contributed by atoms with E-state index in [0.717, 1.165) is 17.7 Å². The van der Waals surface area contributed by atoms with E-state index in [1.165, 1.54) is 18.5 Å². The van der Waals surface area contributed by atoms with Crippen molar-refractivity contribution in [2.45, 2.75) is 26.1 Å². The van der Waals surface area contributed by atoms with Crippen molar-refractivity contribution in [3.8, 4) is 11.3 Å². The molecule has 0 aliphatic rings. The second-order valence-corrected chi connectivity index (χ2v) is 7.58. The Morgan fingerprint density at radius 2 is 1.55 bits per heavy atom. The molecule has 0 unspecified atom stereocenters. The minimum atomic E-state index is -4.43. The van der Waals surface area contributed by atoms with E-state index in [-0.39, 0.29) is 11.7 Å². The zero-order chi connectivity index (χ0) is 23.8. The third-order valence-electron chi connectivity index (χ3n) is 4.89. The summed E-state index contributed by atoms with van der Waals surface area (Å²) >= 11 is 0. The molecule has 2 aromatic carbocycles. The fraction of sp³-hybridized carbons (Fsp3) is 0.182. The first kappa shape index (κ1) is 22.1. The number of carbonyl (C=O) groups is 1. The lowest BCUT2D eigenvalue weighted by molar-refractivity contribution is -0.137. The van der Waals surface area contributed by atoms with Gasteiger partial charge in [0.25, 0.3) is 0 Å². The fourth-order valence-corrected chi connectivity index (χ4v) is 3.30. The summed E-state index contributed by atoms with van der Waals surface area (Å²) in [6, 6.07) is 10.6. The number of anilines is 3. The molecule has 0 aliphatic carbocycles. The number of urea groups is 1. The van der Waals surface area contributed by atoms with Crippen LogP contribution in [-0.4, -0.2) is 25.8 Å². The number of alkyl halides is 3. The molecule has 11 heteroatoms. The topological polar surface area (TPSA) is 111 Å². The van der Waals surface area contributed by atoms with Gasteiger partial charge < -0.3 is 16.4 Å². The van der Waals surface area contributed by atoms with Gasteiger partial charge in [0.1, 0.15) is 17.8 Å². The minimum Gasteiger partial charge on any atom is -0.383 e. The van der Waals surface area contributed by atoms with Crippen LogP contribution in [0, 0.1) is 0 Å². The van der Waals surface area contributed by atoms with Crippen molar-refractivity contribution in [3.63, 3.8) is 0 Å². The third-order valence-corrected chi connectivity index (χ3v) is 4.89. The van der Waals surface area contributed by atoms with Crippen molar-refractivity contribution in [1.29, 1.82) is 0 Å². The summed E-state index contributed by atoms with van der Waals surface area (Å²) in [5.74, 6) is 0.319. The predicted molar refractivity (Wildman–Crippen MR) is 120 cm³/mol. The van der Waals surface area contributed by atoms with Crippen LogP contribution >= 0.6 is 0 Å². The SMILES string of the molecule is CC(C)n1nc(-c2ccc(NC(=O)Nc3ccc(C(F)(F)F)cc3)cc2)c2c(N)ncnc21. The van der Waals surface area contributed by atoms with Crippen LogP contribution in [0.15, 0.2) is 54.9 Å². The number of aromatic nitrogens is 4. The number of hydrogen-bond donors (Lipinski definition) is 3. The van der Waals surface area contributed by atoms with Crippen LogP contribution in [0.5, 0.6) is 0 Å². The molecule has 4 N–H and O–H groups in total. The molecule has 2 heterocycles. The summed E-state index contributed by atoms with van der Waals surface area (Å²) in [6.45, 7) is 3.97. The van der Waals surface area contributed by atoms with Crippen LogP contribution in [0.4, 0.5) is 35.2 Å². The van der Waals surface area contributed by atoms with Crippen molar-refractivity contribution < 1.29 is 18.0 Å². The highest BCUT2D eigenvalue weighted by atomic mass is 19.4. The van der Waals surface area contributed by atoms with Crippen LogP contribution < -0.4 is 16.4 Å². The lowest BCUT2D eigenvalue weighted by atomic mass is 10.1. The lowest BCUT2D eigenvalue weighted by Crippen LogP contribution is -2.19. The molecule has 170 valence electrons. The van der Waals surface area contributed by atoms with E-state index in [4.69, 9.17) is 5.73 Å². The molecule has 2 amide bonds. The maximum atomic E-state index is 12.7. The van der Waals surface area contributed by atoms with E-state index >= 15 is 0 Å². The van der Waals surface area contributed by atoms with Gasteiger partial charge in [-0.1, -0.05) is 12.1 Å². The first-order chi connectivity index (χ1) is 15.6. The van der Waals surface area contributed by atoms with Gasteiger partial charge in [0, 0.05) is 23.0 Å². The number of halogens is 3. The van der Waals surface area contributed by atoms with E-state index in [1.54, 1.807) is 28.9 Å². The number of carbonyl (C=O) groups excluding carboxylic acids is 1. The molecule has 33 heavy (non-hydrogen) atoms. The van der Waals surface area contributed by atoms with Crippen LogP contribution in [0.1, 0.15) is 25.5 Å². The predicted octanol–water partition coefficient (Wildman–Crippen LogP) is 5.32. The Bertz CT molecular complexity index is 1300. The quantitative estimate of drug-likeness (QED) is 0.386. The molecule has 8 nitrogen and oxygen atoms in total. The molecule has 0 saturated carbocycles. The maximum Gasteiger partial charge on any atom is 0.416 e. The fourth-order valence-electron chi connectivity index (χ4n) is 3.30. The number of nitrogens with two attached hydrogens (primary N) is 1. The largest absolute Gasteiger partial charge is 0.416 e. The average Bonchev–Trinajstić information content (AvgIpc) is 3.15. The number of nitrogens with one attached hydrogen (secondary N) is 2. The van der Waals surface area contributed by atoms with Crippen LogP contribution in [-0.2, 0) is 6.18 Å². The second kappa shape index (κ2) is 8.41. The number of benzene rings is 2. The molecule has 4 aromatic rings. The Morgan fingerprint density at radius 3 is 2.09 bits per heavy atom. The molecule has 0 spiro atoms. The van der Waals surface area contributed by atoms with E-state index in [1.807, 2.05) is 13.8 Å². The Morgan fingerprint density at radius 1 is 0.970 bits per heavy atom. The highest BCUT2D eigenvalue weighted by Gasteiger charge is 2.30. The molecule has 0 atom stereocenters. The zero-order valence-corrected chi connectivity index (χ0v) is 17.7. The van der Waals surface area contributed by atoms with Gasteiger partial charge >= 0.3 is 12.2 Å².